The second-order valence-corrected chi connectivity index (χ2v) is 5.36. The van der Waals surface area contributed by atoms with E-state index >= 15 is 0 Å². The van der Waals surface area contributed by atoms with Crippen LogP contribution in [0.5, 0.6) is 0 Å². The topological polar surface area (TPSA) is 80.0 Å². The van der Waals surface area contributed by atoms with E-state index in [1.54, 1.807) is 41.6 Å². The van der Waals surface area contributed by atoms with Crippen molar-refractivity contribution in [2.24, 2.45) is 0 Å². The summed E-state index contributed by atoms with van der Waals surface area (Å²) in [4.78, 5) is 20.4. The number of rotatable bonds is 6. The minimum atomic E-state index is -0.147. The highest BCUT2D eigenvalue weighted by molar-refractivity contribution is 5.93. The highest BCUT2D eigenvalue weighted by atomic mass is 16.3. The van der Waals surface area contributed by atoms with Gasteiger partial charge in [0.25, 0.3) is 5.91 Å². The van der Waals surface area contributed by atoms with Crippen molar-refractivity contribution in [3.63, 3.8) is 0 Å². The predicted molar refractivity (Wildman–Crippen MR) is 89.8 cm³/mol. The minimum absolute atomic E-state index is 0.0408. The lowest BCUT2D eigenvalue weighted by Gasteiger charge is -2.07. The maximum absolute atomic E-state index is 12.1. The van der Waals surface area contributed by atoms with E-state index in [1.165, 1.54) is 0 Å². The molecule has 0 aliphatic carbocycles. The molecule has 0 unspecified atom stereocenters. The maximum Gasteiger partial charge on any atom is 0.252 e. The molecule has 2 N–H and O–H groups in total. The van der Waals surface area contributed by atoms with Gasteiger partial charge in [0, 0.05) is 25.1 Å². The minimum Gasteiger partial charge on any atom is -0.392 e. The molecule has 1 aromatic carbocycles. The van der Waals surface area contributed by atoms with Gasteiger partial charge < -0.3 is 10.4 Å². The van der Waals surface area contributed by atoms with E-state index in [1.807, 2.05) is 24.3 Å². The van der Waals surface area contributed by atoms with Crippen molar-refractivity contribution in [2.45, 2.75) is 13.0 Å². The molecule has 0 bridgehead atoms. The Kier molecular flexibility index (Phi) is 4.98. The second-order valence-electron chi connectivity index (χ2n) is 5.36. The molecule has 3 rings (SSSR count). The summed E-state index contributed by atoms with van der Waals surface area (Å²) in [7, 11) is 0. The summed E-state index contributed by atoms with van der Waals surface area (Å²) in [5.41, 5.74) is 2.52. The van der Waals surface area contributed by atoms with Gasteiger partial charge in [-0.3, -0.25) is 9.36 Å². The van der Waals surface area contributed by atoms with Crippen LogP contribution in [0, 0.1) is 0 Å². The number of carbonyl (C=O) groups is 1. The monoisotopic (exact) mass is 322 g/mol. The molecule has 0 radical (unpaired) electrons. The zero-order valence-corrected chi connectivity index (χ0v) is 13.1. The van der Waals surface area contributed by atoms with Gasteiger partial charge in [-0.05, 0) is 29.7 Å². The SMILES string of the molecule is O=C(NCCc1ccc(CO)cc1)c1ccc(-n2ccnc2)nc1. The Bertz CT molecular complexity index is 781. The first-order valence-corrected chi connectivity index (χ1v) is 7.67. The zero-order chi connectivity index (χ0) is 16.8. The average Bonchev–Trinajstić information content (AvgIpc) is 3.17. The van der Waals surface area contributed by atoms with Crippen molar-refractivity contribution in [3.8, 4) is 5.82 Å². The molecule has 2 heterocycles. The summed E-state index contributed by atoms with van der Waals surface area (Å²) in [6.07, 6.45) is 7.42. The molecule has 122 valence electrons. The van der Waals surface area contributed by atoms with E-state index in [0.29, 0.717) is 17.9 Å². The lowest BCUT2D eigenvalue weighted by atomic mass is 10.1. The molecule has 24 heavy (non-hydrogen) atoms. The molecule has 3 aromatic rings. The van der Waals surface area contributed by atoms with Crippen LogP contribution in [0.15, 0.2) is 61.3 Å². The molecule has 0 saturated heterocycles. The fourth-order valence-corrected chi connectivity index (χ4v) is 2.30. The molecule has 0 fully saturated rings. The summed E-state index contributed by atoms with van der Waals surface area (Å²) in [6, 6.07) is 11.2. The Morgan fingerprint density at radius 2 is 1.92 bits per heavy atom. The van der Waals surface area contributed by atoms with E-state index < -0.39 is 0 Å². The fraction of sp³-hybridized carbons (Fsp3) is 0.167. The number of aromatic nitrogens is 3. The molecule has 2 aromatic heterocycles. The van der Waals surface area contributed by atoms with Gasteiger partial charge in [0.1, 0.15) is 12.1 Å². The van der Waals surface area contributed by atoms with Crippen LogP contribution >= 0.6 is 0 Å². The molecule has 0 aliphatic heterocycles. The van der Waals surface area contributed by atoms with Crippen molar-refractivity contribution < 1.29 is 9.90 Å². The number of carbonyl (C=O) groups excluding carboxylic acids is 1. The Morgan fingerprint density at radius 1 is 1.12 bits per heavy atom. The van der Waals surface area contributed by atoms with Crippen molar-refractivity contribution in [1.82, 2.24) is 19.9 Å². The van der Waals surface area contributed by atoms with Crippen LogP contribution in [-0.4, -0.2) is 32.1 Å². The Labute approximate surface area is 139 Å². The number of hydrogen-bond donors (Lipinski definition) is 2. The van der Waals surface area contributed by atoms with Crippen molar-refractivity contribution in [3.05, 3.63) is 78.0 Å². The van der Waals surface area contributed by atoms with Crippen LogP contribution in [0.3, 0.4) is 0 Å². The third kappa shape index (κ3) is 3.85. The van der Waals surface area contributed by atoms with Gasteiger partial charge in [0.05, 0.1) is 12.2 Å². The quantitative estimate of drug-likeness (QED) is 0.724. The molecule has 0 aliphatic rings. The van der Waals surface area contributed by atoms with Crippen molar-refractivity contribution in [1.29, 1.82) is 0 Å². The molecule has 6 nitrogen and oxygen atoms in total. The summed E-state index contributed by atoms with van der Waals surface area (Å²) in [5, 5.41) is 11.9. The molecule has 1 amide bonds. The molecule has 0 saturated carbocycles. The molecule has 0 spiro atoms. The normalized spacial score (nSPS) is 10.5. The van der Waals surface area contributed by atoms with E-state index in [2.05, 4.69) is 15.3 Å². The lowest BCUT2D eigenvalue weighted by Crippen LogP contribution is -2.25. The van der Waals surface area contributed by atoms with Gasteiger partial charge in [-0.1, -0.05) is 24.3 Å². The maximum atomic E-state index is 12.1. The van der Waals surface area contributed by atoms with Crippen molar-refractivity contribution >= 4 is 5.91 Å². The summed E-state index contributed by atoms with van der Waals surface area (Å²) in [5.74, 6) is 0.569. The van der Waals surface area contributed by atoms with Gasteiger partial charge in [-0.25, -0.2) is 9.97 Å². The Balaban J connectivity index is 1.53. The highest BCUT2D eigenvalue weighted by Gasteiger charge is 2.06. The smallest absolute Gasteiger partial charge is 0.252 e. The van der Waals surface area contributed by atoms with Crippen LogP contribution in [0.2, 0.25) is 0 Å². The molecular weight excluding hydrogens is 304 g/mol. The number of imidazole rings is 1. The van der Waals surface area contributed by atoms with E-state index in [0.717, 1.165) is 17.5 Å². The van der Waals surface area contributed by atoms with E-state index in [9.17, 15) is 4.79 Å². The first-order chi connectivity index (χ1) is 11.8. The summed E-state index contributed by atoms with van der Waals surface area (Å²) >= 11 is 0. The number of benzene rings is 1. The third-order valence-corrected chi connectivity index (χ3v) is 3.68. The van der Waals surface area contributed by atoms with Crippen LogP contribution in [0.25, 0.3) is 5.82 Å². The standard InChI is InChI=1S/C18H18N4O2/c23-12-15-3-1-14(2-4-15)7-8-20-18(24)16-5-6-17(21-11-16)22-10-9-19-13-22/h1-6,9-11,13,23H,7-8,12H2,(H,20,24). The van der Waals surface area contributed by atoms with Crippen LogP contribution in [-0.2, 0) is 13.0 Å². The molecule has 0 atom stereocenters. The van der Waals surface area contributed by atoms with Gasteiger partial charge in [0.2, 0.25) is 0 Å². The number of aliphatic hydroxyl groups is 1. The summed E-state index contributed by atoms with van der Waals surface area (Å²) in [6.45, 7) is 0.583. The number of nitrogens with one attached hydrogen (secondary N) is 1. The van der Waals surface area contributed by atoms with Crippen LogP contribution in [0.1, 0.15) is 21.5 Å². The Hall–Kier alpha value is -2.99. The van der Waals surface area contributed by atoms with Crippen molar-refractivity contribution in [2.75, 3.05) is 6.54 Å². The summed E-state index contributed by atoms with van der Waals surface area (Å²) < 4.78 is 1.78. The first-order valence-electron chi connectivity index (χ1n) is 7.67. The van der Waals surface area contributed by atoms with E-state index in [-0.39, 0.29) is 12.5 Å². The number of aliphatic hydroxyl groups excluding tert-OH is 1. The average molecular weight is 322 g/mol. The first kappa shape index (κ1) is 15.9. The zero-order valence-electron chi connectivity index (χ0n) is 13.1. The largest absolute Gasteiger partial charge is 0.392 e. The Morgan fingerprint density at radius 3 is 2.54 bits per heavy atom. The number of hydrogen-bond acceptors (Lipinski definition) is 4. The fourth-order valence-electron chi connectivity index (χ4n) is 2.30. The predicted octanol–water partition coefficient (Wildman–Crippen LogP) is 1.73. The van der Waals surface area contributed by atoms with E-state index in [4.69, 9.17) is 5.11 Å². The van der Waals surface area contributed by atoms with Gasteiger partial charge >= 0.3 is 0 Å². The van der Waals surface area contributed by atoms with Crippen LogP contribution in [0.4, 0.5) is 0 Å². The third-order valence-electron chi connectivity index (χ3n) is 3.68. The molecule has 6 heteroatoms. The highest BCUT2D eigenvalue weighted by Crippen LogP contribution is 2.06. The molecular formula is C18H18N4O2. The van der Waals surface area contributed by atoms with Gasteiger partial charge in [-0.15, -0.1) is 0 Å². The second kappa shape index (κ2) is 7.52. The van der Waals surface area contributed by atoms with Crippen LogP contribution < -0.4 is 5.32 Å². The number of amides is 1. The number of pyridine rings is 1. The lowest BCUT2D eigenvalue weighted by molar-refractivity contribution is 0.0954. The van der Waals surface area contributed by atoms with Gasteiger partial charge in [0.15, 0.2) is 0 Å². The number of nitrogens with zero attached hydrogens (tertiary/aromatic N) is 3. The van der Waals surface area contributed by atoms with Gasteiger partial charge in [-0.2, -0.15) is 0 Å².